The fourth-order valence-electron chi connectivity index (χ4n) is 11.0. The van der Waals surface area contributed by atoms with Crippen molar-refractivity contribution in [2.24, 2.45) is 5.92 Å². The number of fused-ring (bicyclic) bond motifs is 11. The maximum atomic E-state index is 6.49. The minimum absolute atomic E-state index is 0.416. The molecule has 3 aliphatic rings. The van der Waals surface area contributed by atoms with E-state index in [1.165, 1.54) is 83.3 Å². The van der Waals surface area contributed by atoms with Gasteiger partial charge < -0.3 is 13.9 Å². The van der Waals surface area contributed by atoms with Gasteiger partial charge in [0.1, 0.15) is 11.3 Å². The Labute approximate surface area is 352 Å². The molecule has 1 spiro atoms. The minimum Gasteiger partial charge on any atom is -0.456 e. The highest BCUT2D eigenvalue weighted by Crippen LogP contribution is 2.63. The summed E-state index contributed by atoms with van der Waals surface area (Å²) < 4.78 is 8.94. The van der Waals surface area contributed by atoms with Gasteiger partial charge in [0.05, 0.1) is 10.9 Å². The Hall–Kier alpha value is -6.84. The van der Waals surface area contributed by atoms with Crippen LogP contribution in [0.2, 0.25) is 0 Å². The number of para-hydroxylation sites is 1. The summed E-state index contributed by atoms with van der Waals surface area (Å²) in [6.45, 7) is 11.3. The number of anilines is 2. The summed E-state index contributed by atoms with van der Waals surface area (Å²) in [5.41, 5.74) is 20.7. The molecule has 11 rings (SSSR count). The lowest BCUT2D eigenvalue weighted by molar-refractivity contribution is 0.584. The molecule has 2 aromatic heterocycles. The van der Waals surface area contributed by atoms with Gasteiger partial charge in [0.2, 0.25) is 0 Å². The molecule has 292 valence electrons. The van der Waals surface area contributed by atoms with Gasteiger partial charge in [-0.3, -0.25) is 0 Å². The van der Waals surface area contributed by atoms with Gasteiger partial charge in [0.25, 0.3) is 0 Å². The van der Waals surface area contributed by atoms with Gasteiger partial charge in [0, 0.05) is 55.9 Å². The molecule has 0 aliphatic heterocycles. The average molecular weight is 777 g/mol. The van der Waals surface area contributed by atoms with E-state index in [-0.39, 0.29) is 0 Å². The first kappa shape index (κ1) is 36.3. The van der Waals surface area contributed by atoms with E-state index in [0.717, 1.165) is 41.3 Å². The molecule has 0 radical (unpaired) electrons. The number of rotatable bonds is 7. The highest BCUT2D eigenvalue weighted by molar-refractivity contribution is 6.03. The van der Waals surface area contributed by atoms with Gasteiger partial charge >= 0.3 is 0 Å². The molecule has 1 unspecified atom stereocenters. The molecule has 60 heavy (non-hydrogen) atoms. The number of benzene rings is 6. The number of nitrogens with zero attached hydrogens (tertiary/aromatic N) is 2. The summed E-state index contributed by atoms with van der Waals surface area (Å²) in [4.78, 5) is 2.52. The Balaban J connectivity index is 1.20. The average Bonchev–Trinajstić information content (AvgIpc) is 3.98. The van der Waals surface area contributed by atoms with Crippen LogP contribution in [0.5, 0.6) is 0 Å². The van der Waals surface area contributed by atoms with Crippen molar-refractivity contribution in [3.8, 4) is 16.8 Å². The first-order valence-electron chi connectivity index (χ1n) is 21.5. The molecule has 0 bridgehead atoms. The molecule has 3 nitrogen and oxygen atoms in total. The van der Waals surface area contributed by atoms with Crippen molar-refractivity contribution in [1.29, 1.82) is 0 Å². The first-order valence-corrected chi connectivity index (χ1v) is 21.5. The number of hydrogen-bond acceptors (Lipinski definition) is 2. The van der Waals surface area contributed by atoms with E-state index in [2.05, 4.69) is 214 Å². The quantitative estimate of drug-likeness (QED) is 0.161. The lowest BCUT2D eigenvalue weighted by Crippen LogP contribution is -2.26. The second-order valence-electron chi connectivity index (χ2n) is 16.6. The third-order valence-electron chi connectivity index (χ3n) is 13.5. The summed E-state index contributed by atoms with van der Waals surface area (Å²) >= 11 is 0. The highest BCUT2D eigenvalue weighted by Gasteiger charge is 2.52. The molecule has 1 atom stereocenters. The van der Waals surface area contributed by atoms with E-state index in [0.29, 0.717) is 5.92 Å². The number of furan rings is 1. The summed E-state index contributed by atoms with van der Waals surface area (Å²) in [5, 5.41) is 2.42. The number of hydrogen-bond donors (Lipinski definition) is 0. The predicted octanol–water partition coefficient (Wildman–Crippen LogP) is 15.0. The fraction of sp³-hybridized carbons (Fsp3) is 0.158. The Kier molecular flexibility index (Phi) is 8.39. The molecular weight excluding hydrogens is 729 g/mol. The maximum Gasteiger partial charge on any atom is 0.135 e. The monoisotopic (exact) mass is 776 g/mol. The van der Waals surface area contributed by atoms with Crippen LogP contribution in [0, 0.1) is 5.92 Å². The Morgan fingerprint density at radius 2 is 1.37 bits per heavy atom. The standard InChI is InChI=1S/C57H48N2O/c1-6-18-43-45-34-39(28-30-53(45)59(51(43)7-2)38-19-10-9-11-20-38)58(40-29-32-55-47(35-40)46-33-36(4)27-31-54(46)60-55)52(8-3)56-37(5)57(50-26-17-14-23-44(50)56)48-24-15-12-21-41(48)42-22-13-16-25-49(42)57/h6,8-32,34-36H,7,33H2,1-5H3/b18-6-,52-8+. The van der Waals surface area contributed by atoms with Crippen LogP contribution in [0.1, 0.15) is 79.5 Å². The molecule has 0 saturated heterocycles. The largest absolute Gasteiger partial charge is 0.456 e. The maximum absolute atomic E-state index is 6.49. The van der Waals surface area contributed by atoms with Crippen LogP contribution in [0.4, 0.5) is 11.4 Å². The zero-order chi connectivity index (χ0) is 40.7. The third kappa shape index (κ3) is 5.02. The van der Waals surface area contributed by atoms with Crippen LogP contribution in [0.25, 0.3) is 56.4 Å². The van der Waals surface area contributed by atoms with E-state index in [1.54, 1.807) is 0 Å². The fourth-order valence-corrected chi connectivity index (χ4v) is 11.0. The smallest absolute Gasteiger partial charge is 0.135 e. The van der Waals surface area contributed by atoms with Crippen molar-refractivity contribution >= 4 is 51.0 Å². The van der Waals surface area contributed by atoms with Gasteiger partial charge in [-0.2, -0.15) is 0 Å². The molecule has 2 heterocycles. The molecular formula is C57H48N2O. The summed E-state index contributed by atoms with van der Waals surface area (Å²) in [6.07, 6.45) is 13.1. The van der Waals surface area contributed by atoms with Crippen molar-refractivity contribution in [2.45, 2.75) is 52.9 Å². The van der Waals surface area contributed by atoms with Crippen molar-refractivity contribution in [3.05, 3.63) is 214 Å². The molecule has 6 aromatic carbocycles. The predicted molar refractivity (Wildman–Crippen MR) is 252 cm³/mol. The Bertz CT molecular complexity index is 3120. The molecule has 0 amide bonds. The third-order valence-corrected chi connectivity index (χ3v) is 13.5. The first-order chi connectivity index (χ1) is 29.5. The molecule has 3 aliphatic carbocycles. The zero-order valence-corrected chi connectivity index (χ0v) is 35.0. The van der Waals surface area contributed by atoms with E-state index in [1.807, 2.05) is 0 Å². The summed E-state index contributed by atoms with van der Waals surface area (Å²) in [5.74, 6) is 1.43. The van der Waals surface area contributed by atoms with E-state index >= 15 is 0 Å². The number of aromatic nitrogens is 1. The molecule has 0 saturated carbocycles. The van der Waals surface area contributed by atoms with Crippen LogP contribution in [-0.2, 0) is 18.3 Å². The summed E-state index contributed by atoms with van der Waals surface area (Å²) in [7, 11) is 0. The lowest BCUT2D eigenvalue weighted by Gasteiger charge is -2.32. The van der Waals surface area contributed by atoms with Gasteiger partial charge in [-0.15, -0.1) is 0 Å². The SMILES string of the molecule is C/C=C\c1c(CC)n(-c2ccccc2)c2ccc(N(/C(=C/C)C3=C(C)C4(c5ccccc53)c3ccccc3-c3ccccc34)c3ccc4oc5c(c4c3)CC(C)C=C5)cc12. The van der Waals surface area contributed by atoms with Crippen molar-refractivity contribution in [1.82, 2.24) is 4.57 Å². The molecule has 0 N–H and O–H groups in total. The van der Waals surface area contributed by atoms with Gasteiger partial charge in [0.15, 0.2) is 0 Å². The van der Waals surface area contributed by atoms with Crippen LogP contribution in [0.15, 0.2) is 173 Å². The van der Waals surface area contributed by atoms with Crippen molar-refractivity contribution in [3.63, 3.8) is 0 Å². The van der Waals surface area contributed by atoms with E-state index in [4.69, 9.17) is 4.42 Å². The Morgan fingerprint density at radius 1 is 0.750 bits per heavy atom. The summed E-state index contributed by atoms with van der Waals surface area (Å²) in [6, 6.07) is 52.0. The topological polar surface area (TPSA) is 21.3 Å². The Morgan fingerprint density at radius 3 is 2.03 bits per heavy atom. The van der Waals surface area contributed by atoms with Gasteiger partial charge in [-0.1, -0.05) is 129 Å². The molecule has 3 heteroatoms. The van der Waals surface area contributed by atoms with Crippen molar-refractivity contribution in [2.75, 3.05) is 4.90 Å². The second-order valence-corrected chi connectivity index (χ2v) is 16.6. The molecule has 8 aromatic rings. The van der Waals surface area contributed by atoms with Gasteiger partial charge in [-0.05, 0) is 133 Å². The minimum atomic E-state index is -0.416. The van der Waals surface area contributed by atoms with Crippen LogP contribution < -0.4 is 4.90 Å². The zero-order valence-electron chi connectivity index (χ0n) is 35.0. The van der Waals surface area contributed by atoms with E-state index < -0.39 is 5.41 Å². The highest BCUT2D eigenvalue weighted by atomic mass is 16.3. The van der Waals surface area contributed by atoms with E-state index in [9.17, 15) is 0 Å². The van der Waals surface area contributed by atoms with Gasteiger partial charge in [-0.25, -0.2) is 0 Å². The normalized spacial score (nSPS) is 16.3. The van der Waals surface area contributed by atoms with Crippen LogP contribution >= 0.6 is 0 Å². The number of allylic oxidation sites excluding steroid dienone is 5. The van der Waals surface area contributed by atoms with Crippen molar-refractivity contribution < 1.29 is 4.42 Å². The second kappa shape index (κ2) is 13.9. The lowest BCUT2D eigenvalue weighted by atomic mass is 9.70. The molecule has 0 fully saturated rings. The van der Waals surface area contributed by atoms with Crippen LogP contribution in [-0.4, -0.2) is 4.57 Å². The van der Waals surface area contributed by atoms with Crippen LogP contribution in [0.3, 0.4) is 0 Å².